The van der Waals surface area contributed by atoms with Gasteiger partial charge in [-0.3, -0.25) is 0 Å². The Balaban J connectivity index is 2.23. The van der Waals surface area contributed by atoms with E-state index < -0.39 is 0 Å². The fraction of sp³-hybridized carbons (Fsp3) is 0.750. The summed E-state index contributed by atoms with van der Waals surface area (Å²) in [5, 5.41) is 1.28. The highest BCUT2D eigenvalue weighted by Gasteiger charge is 2.30. The molecule has 0 bridgehead atoms. The summed E-state index contributed by atoms with van der Waals surface area (Å²) in [7, 11) is 0. The lowest BCUT2D eigenvalue weighted by atomic mass is 10.1. The average Bonchev–Trinajstić information content (AvgIpc) is 2.87. The predicted molar refractivity (Wildman–Crippen MR) is 65.2 cm³/mol. The molecular formula is C12H20N2S. The first kappa shape index (κ1) is 11.1. The molecule has 84 valence electrons. The third kappa shape index (κ3) is 2.58. The van der Waals surface area contributed by atoms with Crippen LogP contribution in [0.3, 0.4) is 0 Å². The van der Waals surface area contributed by atoms with Crippen LogP contribution in [0.1, 0.15) is 61.2 Å². The Morgan fingerprint density at radius 2 is 2.07 bits per heavy atom. The van der Waals surface area contributed by atoms with Crippen LogP contribution in [0.2, 0.25) is 0 Å². The van der Waals surface area contributed by atoms with Crippen molar-refractivity contribution in [1.29, 1.82) is 0 Å². The van der Waals surface area contributed by atoms with E-state index in [-0.39, 0.29) is 6.04 Å². The molecule has 3 heteroatoms. The molecule has 2 N–H and O–H groups in total. The first-order valence-electron chi connectivity index (χ1n) is 5.83. The maximum Gasteiger partial charge on any atom is 0.0934 e. The van der Waals surface area contributed by atoms with E-state index in [1.807, 2.05) is 11.3 Å². The SMILES string of the molecule is CC(C)Cc1nc(C2CC2)c(C(C)N)s1. The molecule has 2 nitrogen and oxygen atoms in total. The van der Waals surface area contributed by atoms with Crippen molar-refractivity contribution in [2.45, 2.75) is 52.0 Å². The summed E-state index contributed by atoms with van der Waals surface area (Å²) in [6.45, 7) is 6.55. The highest BCUT2D eigenvalue weighted by molar-refractivity contribution is 7.11. The van der Waals surface area contributed by atoms with Crippen LogP contribution in [0.15, 0.2) is 0 Å². The molecule has 1 atom stereocenters. The first-order chi connectivity index (χ1) is 7.08. The zero-order valence-electron chi connectivity index (χ0n) is 9.79. The molecule has 15 heavy (non-hydrogen) atoms. The second kappa shape index (κ2) is 4.22. The van der Waals surface area contributed by atoms with Crippen LogP contribution >= 0.6 is 11.3 Å². The number of hydrogen-bond donors (Lipinski definition) is 1. The topological polar surface area (TPSA) is 38.9 Å². The molecule has 1 aliphatic rings. The lowest BCUT2D eigenvalue weighted by Gasteiger charge is -2.02. The van der Waals surface area contributed by atoms with Gasteiger partial charge in [0.2, 0.25) is 0 Å². The molecule has 1 unspecified atom stereocenters. The smallest absolute Gasteiger partial charge is 0.0934 e. The summed E-state index contributed by atoms with van der Waals surface area (Å²) >= 11 is 1.83. The van der Waals surface area contributed by atoms with Gasteiger partial charge < -0.3 is 5.73 Å². The summed E-state index contributed by atoms with van der Waals surface area (Å²) in [6.07, 6.45) is 3.71. The van der Waals surface area contributed by atoms with Gasteiger partial charge in [0.1, 0.15) is 0 Å². The van der Waals surface area contributed by atoms with Crippen molar-refractivity contribution in [3.8, 4) is 0 Å². The zero-order valence-corrected chi connectivity index (χ0v) is 10.6. The minimum atomic E-state index is 0.152. The van der Waals surface area contributed by atoms with Gasteiger partial charge in [-0.2, -0.15) is 0 Å². The van der Waals surface area contributed by atoms with Crippen molar-refractivity contribution >= 4 is 11.3 Å². The average molecular weight is 224 g/mol. The summed E-state index contributed by atoms with van der Waals surface area (Å²) in [5.74, 6) is 1.41. The number of nitrogens with two attached hydrogens (primary N) is 1. The van der Waals surface area contributed by atoms with E-state index in [1.165, 1.54) is 28.4 Å². The molecular weight excluding hydrogens is 204 g/mol. The van der Waals surface area contributed by atoms with Crippen LogP contribution in [-0.2, 0) is 6.42 Å². The van der Waals surface area contributed by atoms with Crippen molar-refractivity contribution in [3.63, 3.8) is 0 Å². The van der Waals surface area contributed by atoms with E-state index in [2.05, 4.69) is 20.8 Å². The zero-order chi connectivity index (χ0) is 11.0. The molecule has 1 aromatic rings. The van der Waals surface area contributed by atoms with Crippen LogP contribution < -0.4 is 5.73 Å². The van der Waals surface area contributed by atoms with Gasteiger partial charge in [-0.25, -0.2) is 4.98 Å². The summed E-state index contributed by atoms with van der Waals surface area (Å²) in [4.78, 5) is 6.10. The number of thiazole rings is 1. The van der Waals surface area contributed by atoms with Gasteiger partial charge >= 0.3 is 0 Å². The molecule has 1 aromatic heterocycles. The van der Waals surface area contributed by atoms with E-state index >= 15 is 0 Å². The van der Waals surface area contributed by atoms with Crippen molar-refractivity contribution in [2.75, 3.05) is 0 Å². The molecule has 0 saturated heterocycles. The molecule has 1 aliphatic carbocycles. The van der Waals surface area contributed by atoms with Gasteiger partial charge in [0.25, 0.3) is 0 Å². The Kier molecular flexibility index (Phi) is 3.12. The van der Waals surface area contributed by atoms with Gasteiger partial charge in [0.15, 0.2) is 0 Å². The lowest BCUT2D eigenvalue weighted by Crippen LogP contribution is -2.05. The second-order valence-electron chi connectivity index (χ2n) is 5.02. The highest BCUT2D eigenvalue weighted by atomic mass is 32.1. The Morgan fingerprint density at radius 3 is 2.53 bits per heavy atom. The molecule has 0 amide bonds. The molecule has 1 saturated carbocycles. The minimum absolute atomic E-state index is 0.152. The number of nitrogens with zero attached hydrogens (tertiary/aromatic N) is 1. The first-order valence-corrected chi connectivity index (χ1v) is 6.64. The molecule has 0 radical (unpaired) electrons. The standard InChI is InChI=1S/C12H20N2S/c1-7(2)6-10-14-11(9-4-5-9)12(15-10)8(3)13/h7-9H,4-6,13H2,1-3H3. The minimum Gasteiger partial charge on any atom is -0.323 e. The second-order valence-corrected chi connectivity index (χ2v) is 6.13. The Bertz CT molecular complexity index is 318. The number of hydrogen-bond acceptors (Lipinski definition) is 3. The predicted octanol–water partition coefficient (Wildman–Crippen LogP) is 3.24. The number of rotatable bonds is 4. The fourth-order valence-corrected chi connectivity index (χ4v) is 3.12. The summed E-state index contributed by atoms with van der Waals surface area (Å²) in [6, 6.07) is 0.152. The van der Waals surface area contributed by atoms with Gasteiger partial charge in [0, 0.05) is 23.3 Å². The summed E-state index contributed by atoms with van der Waals surface area (Å²) < 4.78 is 0. The van der Waals surface area contributed by atoms with Gasteiger partial charge in [-0.1, -0.05) is 13.8 Å². The normalized spacial score (nSPS) is 18.5. The van der Waals surface area contributed by atoms with Crippen LogP contribution in [0.25, 0.3) is 0 Å². The van der Waals surface area contributed by atoms with Crippen molar-refractivity contribution < 1.29 is 0 Å². The third-order valence-corrected chi connectivity index (χ3v) is 3.98. The van der Waals surface area contributed by atoms with Crippen molar-refractivity contribution in [2.24, 2.45) is 11.7 Å². The Morgan fingerprint density at radius 1 is 1.40 bits per heavy atom. The Labute approximate surface area is 95.9 Å². The molecule has 0 aromatic carbocycles. The molecule has 2 rings (SSSR count). The van der Waals surface area contributed by atoms with Gasteiger partial charge in [-0.05, 0) is 25.7 Å². The number of aromatic nitrogens is 1. The largest absolute Gasteiger partial charge is 0.323 e. The van der Waals surface area contributed by atoms with E-state index in [4.69, 9.17) is 10.7 Å². The maximum absolute atomic E-state index is 5.99. The van der Waals surface area contributed by atoms with E-state index in [9.17, 15) is 0 Å². The van der Waals surface area contributed by atoms with E-state index in [0.29, 0.717) is 5.92 Å². The van der Waals surface area contributed by atoms with Crippen molar-refractivity contribution in [3.05, 3.63) is 15.6 Å². The third-order valence-electron chi connectivity index (χ3n) is 2.69. The monoisotopic (exact) mass is 224 g/mol. The quantitative estimate of drug-likeness (QED) is 0.852. The summed E-state index contributed by atoms with van der Waals surface area (Å²) in [5.41, 5.74) is 7.31. The Hall–Kier alpha value is -0.410. The van der Waals surface area contributed by atoms with Crippen molar-refractivity contribution in [1.82, 2.24) is 4.98 Å². The highest BCUT2D eigenvalue weighted by Crippen LogP contribution is 2.44. The van der Waals surface area contributed by atoms with Gasteiger partial charge in [0.05, 0.1) is 10.7 Å². The molecule has 1 fully saturated rings. The lowest BCUT2D eigenvalue weighted by molar-refractivity contribution is 0.642. The van der Waals surface area contributed by atoms with E-state index in [1.54, 1.807) is 0 Å². The van der Waals surface area contributed by atoms with Gasteiger partial charge in [-0.15, -0.1) is 11.3 Å². The van der Waals surface area contributed by atoms with Crippen LogP contribution in [0.4, 0.5) is 0 Å². The van der Waals surface area contributed by atoms with Crippen LogP contribution in [0.5, 0.6) is 0 Å². The molecule has 0 spiro atoms. The van der Waals surface area contributed by atoms with Crippen LogP contribution in [-0.4, -0.2) is 4.98 Å². The molecule has 1 heterocycles. The maximum atomic E-state index is 5.99. The van der Waals surface area contributed by atoms with E-state index in [0.717, 1.165) is 12.3 Å². The fourth-order valence-electron chi connectivity index (χ4n) is 1.80. The molecule has 0 aliphatic heterocycles. The van der Waals surface area contributed by atoms with Crippen LogP contribution in [0, 0.1) is 5.92 Å².